The zero-order chi connectivity index (χ0) is 18.4. The third kappa shape index (κ3) is 6.12. The van der Waals surface area contributed by atoms with E-state index in [1.165, 1.54) is 25.7 Å². The lowest BCUT2D eigenvalue weighted by atomic mass is 9.83. The molecule has 2 aliphatic rings. The Kier molecular flexibility index (Phi) is 8.92. The molecule has 2 heterocycles. The largest absolute Gasteiger partial charge is 0.459 e. The lowest BCUT2D eigenvalue weighted by Gasteiger charge is -2.36. The van der Waals surface area contributed by atoms with Crippen molar-refractivity contribution in [3.8, 4) is 0 Å². The molecule has 152 valence electrons. The van der Waals surface area contributed by atoms with Crippen LogP contribution in [0, 0.1) is 11.8 Å². The zero-order valence-electron chi connectivity index (χ0n) is 16.5. The van der Waals surface area contributed by atoms with Gasteiger partial charge in [-0.1, -0.05) is 19.8 Å². The van der Waals surface area contributed by atoms with Crippen molar-refractivity contribution < 1.29 is 9.21 Å². The number of guanidine groups is 1. The Hall–Kier alpha value is -1.25. The normalized spacial score (nSPS) is 23.7. The van der Waals surface area contributed by atoms with Gasteiger partial charge < -0.3 is 19.5 Å². The van der Waals surface area contributed by atoms with Gasteiger partial charge >= 0.3 is 0 Å². The molecule has 0 bridgehead atoms. The molecule has 0 aromatic carbocycles. The smallest absolute Gasteiger partial charge is 0.289 e. The molecule has 1 aliphatic carbocycles. The van der Waals surface area contributed by atoms with Crippen molar-refractivity contribution in [2.75, 3.05) is 39.3 Å². The highest BCUT2D eigenvalue weighted by molar-refractivity contribution is 14.0. The van der Waals surface area contributed by atoms with Crippen LogP contribution in [0.5, 0.6) is 0 Å². The fourth-order valence-electron chi connectivity index (χ4n) is 3.83. The van der Waals surface area contributed by atoms with E-state index in [1.807, 2.05) is 4.90 Å². The molecule has 6 nitrogen and oxygen atoms in total. The highest BCUT2D eigenvalue weighted by Gasteiger charge is 2.25. The summed E-state index contributed by atoms with van der Waals surface area (Å²) in [6.07, 6.45) is 6.82. The molecule has 1 amide bonds. The van der Waals surface area contributed by atoms with E-state index in [-0.39, 0.29) is 29.9 Å². The number of amides is 1. The van der Waals surface area contributed by atoms with E-state index in [2.05, 4.69) is 24.1 Å². The minimum Gasteiger partial charge on any atom is -0.459 e. The molecule has 1 aliphatic heterocycles. The minimum atomic E-state index is -0.0204. The lowest BCUT2D eigenvalue weighted by molar-refractivity contribution is 0.0657. The van der Waals surface area contributed by atoms with Crippen LogP contribution in [0.2, 0.25) is 0 Å². The fraction of sp³-hybridized carbons (Fsp3) is 0.700. The van der Waals surface area contributed by atoms with Crippen molar-refractivity contribution in [3.05, 3.63) is 24.2 Å². The second-order valence-corrected chi connectivity index (χ2v) is 7.58. The lowest BCUT2D eigenvalue weighted by Crippen LogP contribution is -2.53. The third-order valence-electron chi connectivity index (χ3n) is 5.57. The Balaban J connectivity index is 0.00000261. The first-order valence-corrected chi connectivity index (χ1v) is 10.0. The number of carbonyl (C=O) groups excluding carboxylic acids is 1. The number of hydrogen-bond acceptors (Lipinski definition) is 3. The van der Waals surface area contributed by atoms with Crippen LogP contribution in [0.25, 0.3) is 0 Å². The maximum atomic E-state index is 12.4. The third-order valence-corrected chi connectivity index (χ3v) is 5.57. The molecule has 1 saturated carbocycles. The topological polar surface area (TPSA) is 61.1 Å². The molecule has 1 saturated heterocycles. The number of piperazine rings is 1. The highest BCUT2D eigenvalue weighted by Crippen LogP contribution is 2.28. The summed E-state index contributed by atoms with van der Waals surface area (Å²) in [5, 5.41) is 3.43. The molecular formula is C20H33IN4O2. The van der Waals surface area contributed by atoms with Gasteiger partial charge in [-0.3, -0.25) is 9.79 Å². The average Bonchev–Trinajstić information content (AvgIpc) is 3.21. The van der Waals surface area contributed by atoms with Gasteiger partial charge in [0, 0.05) is 39.3 Å². The molecule has 1 N–H and O–H groups in total. The number of rotatable bonds is 4. The highest BCUT2D eigenvalue weighted by atomic mass is 127. The van der Waals surface area contributed by atoms with E-state index >= 15 is 0 Å². The average molecular weight is 488 g/mol. The van der Waals surface area contributed by atoms with Gasteiger partial charge in [0.1, 0.15) is 0 Å². The van der Waals surface area contributed by atoms with Gasteiger partial charge in [-0.15, -0.1) is 24.0 Å². The van der Waals surface area contributed by atoms with Crippen LogP contribution in [0.15, 0.2) is 27.8 Å². The van der Waals surface area contributed by atoms with Crippen LogP contribution in [0.3, 0.4) is 0 Å². The Morgan fingerprint density at radius 2 is 1.85 bits per heavy atom. The molecule has 1 aromatic rings. The summed E-state index contributed by atoms with van der Waals surface area (Å²) in [6, 6.07) is 3.48. The van der Waals surface area contributed by atoms with Crippen molar-refractivity contribution in [1.82, 2.24) is 15.1 Å². The maximum Gasteiger partial charge on any atom is 0.289 e. The number of hydrogen-bond donors (Lipinski definition) is 1. The summed E-state index contributed by atoms with van der Waals surface area (Å²) in [5.41, 5.74) is 0. The first kappa shape index (κ1) is 22.0. The second-order valence-electron chi connectivity index (χ2n) is 7.58. The maximum absolute atomic E-state index is 12.4. The van der Waals surface area contributed by atoms with Crippen LogP contribution in [0.1, 0.15) is 50.1 Å². The molecule has 2 fully saturated rings. The molecule has 0 radical (unpaired) electrons. The summed E-state index contributed by atoms with van der Waals surface area (Å²) in [7, 11) is 0. The number of furan rings is 1. The summed E-state index contributed by atoms with van der Waals surface area (Å²) in [6.45, 7) is 9.25. The van der Waals surface area contributed by atoms with Crippen LogP contribution in [0.4, 0.5) is 0 Å². The number of nitrogens with zero attached hydrogens (tertiary/aromatic N) is 3. The quantitative estimate of drug-likeness (QED) is 0.401. The SMILES string of the molecule is CCNC(=NCC1CCC(C)CC1)N1CCN(C(=O)c2ccco2)CC1.I. The number of aliphatic imine (C=N–C) groups is 1. The van der Waals surface area contributed by atoms with Gasteiger partial charge in [-0.05, 0) is 43.7 Å². The first-order chi connectivity index (χ1) is 12.7. The summed E-state index contributed by atoms with van der Waals surface area (Å²) < 4.78 is 5.23. The number of carbonyl (C=O) groups is 1. The van der Waals surface area contributed by atoms with E-state index in [1.54, 1.807) is 18.4 Å². The number of nitrogens with one attached hydrogen (secondary N) is 1. The van der Waals surface area contributed by atoms with Crippen LogP contribution in [-0.2, 0) is 0 Å². The Morgan fingerprint density at radius 1 is 1.19 bits per heavy atom. The van der Waals surface area contributed by atoms with Crippen LogP contribution < -0.4 is 5.32 Å². The Bertz CT molecular complexity index is 589. The minimum absolute atomic E-state index is 0. The van der Waals surface area contributed by atoms with E-state index in [4.69, 9.17) is 9.41 Å². The molecular weight excluding hydrogens is 455 g/mol. The van der Waals surface area contributed by atoms with E-state index in [9.17, 15) is 4.79 Å². The standard InChI is InChI=1S/C20H32N4O2.HI/c1-3-21-20(22-15-17-8-6-16(2)7-9-17)24-12-10-23(11-13-24)19(25)18-5-4-14-26-18;/h4-5,14,16-17H,3,6-13,15H2,1-2H3,(H,21,22);1H. The monoisotopic (exact) mass is 488 g/mol. The fourth-order valence-corrected chi connectivity index (χ4v) is 3.83. The summed E-state index contributed by atoms with van der Waals surface area (Å²) in [4.78, 5) is 21.4. The predicted octanol–water partition coefficient (Wildman–Crippen LogP) is 3.45. The van der Waals surface area contributed by atoms with Crippen LogP contribution >= 0.6 is 24.0 Å². The van der Waals surface area contributed by atoms with Gasteiger partial charge in [0.25, 0.3) is 5.91 Å². The van der Waals surface area contributed by atoms with E-state index in [0.717, 1.165) is 44.0 Å². The van der Waals surface area contributed by atoms with Gasteiger partial charge in [-0.2, -0.15) is 0 Å². The Morgan fingerprint density at radius 3 is 2.44 bits per heavy atom. The summed E-state index contributed by atoms with van der Waals surface area (Å²) in [5.74, 6) is 3.00. The van der Waals surface area contributed by atoms with E-state index in [0.29, 0.717) is 18.8 Å². The summed E-state index contributed by atoms with van der Waals surface area (Å²) >= 11 is 0. The molecule has 0 spiro atoms. The molecule has 0 atom stereocenters. The predicted molar refractivity (Wildman–Crippen MR) is 119 cm³/mol. The zero-order valence-corrected chi connectivity index (χ0v) is 18.9. The Labute approximate surface area is 179 Å². The van der Waals surface area contributed by atoms with Gasteiger partial charge in [0.15, 0.2) is 11.7 Å². The van der Waals surface area contributed by atoms with Crippen LogP contribution in [-0.4, -0.2) is 60.9 Å². The molecule has 3 rings (SSSR count). The molecule has 7 heteroatoms. The van der Waals surface area contributed by atoms with Gasteiger partial charge in [0.05, 0.1) is 6.26 Å². The van der Waals surface area contributed by atoms with E-state index < -0.39 is 0 Å². The van der Waals surface area contributed by atoms with Crippen molar-refractivity contribution in [1.29, 1.82) is 0 Å². The number of halogens is 1. The molecule has 0 unspecified atom stereocenters. The van der Waals surface area contributed by atoms with Crippen molar-refractivity contribution in [3.63, 3.8) is 0 Å². The van der Waals surface area contributed by atoms with Crippen molar-refractivity contribution in [2.45, 2.75) is 39.5 Å². The van der Waals surface area contributed by atoms with Crippen molar-refractivity contribution in [2.24, 2.45) is 16.8 Å². The van der Waals surface area contributed by atoms with Crippen molar-refractivity contribution >= 4 is 35.8 Å². The molecule has 27 heavy (non-hydrogen) atoms. The second kappa shape index (κ2) is 10.9. The van der Waals surface area contributed by atoms with Gasteiger partial charge in [-0.25, -0.2) is 0 Å². The molecule has 1 aromatic heterocycles. The first-order valence-electron chi connectivity index (χ1n) is 10.0. The van der Waals surface area contributed by atoms with Gasteiger partial charge in [0.2, 0.25) is 0 Å².